The summed E-state index contributed by atoms with van der Waals surface area (Å²) in [5.74, 6) is 0.788. The van der Waals surface area contributed by atoms with Gasteiger partial charge in [-0.3, -0.25) is 43.5 Å². The molecule has 9 heterocycles. The highest BCUT2D eigenvalue weighted by Crippen LogP contribution is 2.51. The summed E-state index contributed by atoms with van der Waals surface area (Å²) in [6.07, 6.45) is 44.4. The van der Waals surface area contributed by atoms with E-state index in [9.17, 15) is 44.1 Å². The van der Waals surface area contributed by atoms with E-state index in [1.54, 1.807) is 0 Å². The van der Waals surface area contributed by atoms with Gasteiger partial charge >= 0.3 is 17.9 Å². The Morgan fingerprint density at radius 3 is 0.965 bits per heavy atom. The van der Waals surface area contributed by atoms with Gasteiger partial charge in [0.2, 0.25) is 0 Å². The number of hydrogen-bond acceptors (Lipinski definition) is 18. The molecule has 115 heavy (non-hydrogen) atoms. The largest absolute Gasteiger partial charge is 0.481 e. The van der Waals surface area contributed by atoms with Gasteiger partial charge in [0.15, 0.2) is 17.1 Å². The summed E-state index contributed by atoms with van der Waals surface area (Å²) in [5.41, 5.74) is 5.71. The first-order valence-corrected chi connectivity index (χ1v) is 44.5. The number of para-hydroxylation sites is 6. The summed E-state index contributed by atoms with van der Waals surface area (Å²) in [6, 6.07) is 28.8. The number of aliphatic carboxylic acids is 3. The van der Waals surface area contributed by atoms with Crippen LogP contribution in [0.15, 0.2) is 103 Å². The Labute approximate surface area is 675 Å². The van der Waals surface area contributed by atoms with Crippen molar-refractivity contribution in [3.8, 4) is 0 Å². The van der Waals surface area contributed by atoms with Gasteiger partial charge < -0.3 is 43.5 Å². The van der Waals surface area contributed by atoms with Crippen molar-refractivity contribution in [1.82, 2.24) is 43.4 Å². The van der Waals surface area contributed by atoms with Gasteiger partial charge in [-0.2, -0.15) is 0 Å². The number of rotatable bonds is 22. The third kappa shape index (κ3) is 18.7. The molecule has 3 aromatic carbocycles. The van der Waals surface area contributed by atoms with Gasteiger partial charge in [0.25, 0.3) is 16.7 Å². The molecule has 11 aliphatic rings. The zero-order valence-electron chi connectivity index (χ0n) is 68.2. The first kappa shape index (κ1) is 81.9. The van der Waals surface area contributed by atoms with Crippen LogP contribution in [0.5, 0.6) is 0 Å². The molecule has 3 N–H and O–H groups in total. The van der Waals surface area contributed by atoms with Gasteiger partial charge in [0.05, 0.1) is 52.4 Å². The number of nitrogens with zero attached hydrogens (tertiary/aromatic N) is 12. The van der Waals surface area contributed by atoms with Gasteiger partial charge in [-0.25, -0.2) is 15.0 Å². The van der Waals surface area contributed by atoms with Gasteiger partial charge in [0, 0.05) is 91.8 Å². The zero-order valence-corrected chi connectivity index (χ0v) is 68.2. The number of carboxylic acids is 3. The second-order valence-electron chi connectivity index (χ2n) is 35.8. The van der Waals surface area contributed by atoms with E-state index in [4.69, 9.17) is 19.5 Å². The second kappa shape index (κ2) is 38.0. The molecule has 5 aliphatic carbocycles. The fourth-order valence-electron chi connectivity index (χ4n) is 24.1. The predicted molar refractivity (Wildman–Crippen MR) is 446 cm³/mol. The molecule has 6 aliphatic heterocycles. The predicted octanol–water partition coefficient (Wildman–Crippen LogP) is 16.3. The average Bonchev–Trinajstić information content (AvgIpc) is 1.72. The first-order valence-electron chi connectivity index (χ1n) is 44.5. The van der Waals surface area contributed by atoms with Gasteiger partial charge in [-0.1, -0.05) is 148 Å². The molecule has 0 amide bonds. The van der Waals surface area contributed by atoms with Crippen molar-refractivity contribution in [1.29, 1.82) is 0 Å². The van der Waals surface area contributed by atoms with Crippen LogP contribution in [0.3, 0.4) is 0 Å². The number of piperidine rings is 5. The van der Waals surface area contributed by atoms with Crippen LogP contribution in [0.1, 0.15) is 305 Å². The summed E-state index contributed by atoms with van der Waals surface area (Å²) < 4.78 is 5.88. The van der Waals surface area contributed by atoms with E-state index in [0.29, 0.717) is 78.1 Å². The molecular formula is C91H124N12O12. The summed E-state index contributed by atoms with van der Waals surface area (Å²) in [4.78, 5) is 114. The summed E-state index contributed by atoms with van der Waals surface area (Å²) in [5, 5.41) is 40.0. The Kier molecular flexibility index (Phi) is 27.1. The van der Waals surface area contributed by atoms with Crippen LogP contribution < -0.4 is 16.7 Å². The van der Waals surface area contributed by atoms with E-state index in [2.05, 4.69) is 40.1 Å². The summed E-state index contributed by atoms with van der Waals surface area (Å²) in [7, 11) is 2.82. The Bertz CT molecular complexity index is 4610. The molecule has 15 atom stereocenters. The fraction of sp³-hybridized carbons (Fsp3) is 0.670. The number of carbonyl (C=O) groups is 3. The number of aromatic nitrogens is 6. The van der Waals surface area contributed by atoms with E-state index >= 15 is 0 Å². The molecule has 6 aromatic rings. The highest BCUT2D eigenvalue weighted by Gasteiger charge is 2.50. The van der Waals surface area contributed by atoms with Crippen molar-refractivity contribution in [3.63, 3.8) is 0 Å². The van der Waals surface area contributed by atoms with Crippen LogP contribution in [0, 0.1) is 23.7 Å². The minimum absolute atomic E-state index is 0.0836. The number of carboxylic acid groups (broad SMARTS) is 3. The fourth-order valence-corrected chi connectivity index (χ4v) is 24.1. The second-order valence-corrected chi connectivity index (χ2v) is 35.8. The van der Waals surface area contributed by atoms with E-state index in [0.717, 1.165) is 95.3 Å². The van der Waals surface area contributed by atoms with Gasteiger partial charge in [0.1, 0.15) is 38.0 Å². The Morgan fingerprint density at radius 1 is 0.339 bits per heavy atom. The molecule has 0 spiro atoms. The first-order chi connectivity index (χ1) is 56.1. The molecule has 0 radical (unpaired) electrons. The van der Waals surface area contributed by atoms with Crippen LogP contribution in [0.2, 0.25) is 0 Å². The lowest BCUT2D eigenvalue weighted by Gasteiger charge is -2.55. The molecule has 17 rings (SSSR count). The van der Waals surface area contributed by atoms with Crippen LogP contribution in [0.4, 0.5) is 0 Å². The van der Waals surface area contributed by atoms with Gasteiger partial charge in [-0.15, -0.1) is 0 Å². The Hall–Kier alpha value is -8.22. The van der Waals surface area contributed by atoms with Crippen LogP contribution in [0.25, 0.3) is 33.1 Å². The maximum absolute atomic E-state index is 14.2. The minimum Gasteiger partial charge on any atom is -0.481 e. The van der Waals surface area contributed by atoms with Crippen molar-refractivity contribution in [3.05, 3.63) is 121 Å². The van der Waals surface area contributed by atoms with E-state index in [1.165, 1.54) is 200 Å². The quantitative estimate of drug-likeness (QED) is 0.0420. The van der Waals surface area contributed by atoms with Crippen molar-refractivity contribution < 1.29 is 44.2 Å². The van der Waals surface area contributed by atoms with Crippen LogP contribution in [-0.4, -0.2) is 169 Å². The molecule has 10 bridgehead atoms. The Balaban J connectivity index is 0.000000136. The molecule has 24 nitrogen and oxygen atoms in total. The molecule has 5 unspecified atom stereocenters. The molecule has 620 valence electrons. The molecule has 5 saturated carbocycles. The number of fused-ring (bicyclic) bond motifs is 13. The lowest BCUT2D eigenvalue weighted by atomic mass is 9.68. The minimum atomic E-state index is -0.944. The lowest BCUT2D eigenvalue weighted by molar-refractivity contribution is -0.137. The van der Waals surface area contributed by atoms with Crippen LogP contribution in [-0.2, 0) is 28.9 Å². The highest BCUT2D eigenvalue weighted by atomic mass is 16.6. The van der Waals surface area contributed by atoms with Crippen molar-refractivity contribution >= 4 is 68.1 Å². The van der Waals surface area contributed by atoms with Crippen LogP contribution >= 0.6 is 0 Å². The third-order valence-electron chi connectivity index (χ3n) is 28.6. The van der Waals surface area contributed by atoms with Crippen molar-refractivity contribution in [2.45, 2.75) is 343 Å². The topological polar surface area (TPSA) is 291 Å². The number of benzene rings is 3. The molecule has 24 heteroatoms. The summed E-state index contributed by atoms with van der Waals surface area (Å²) in [6.45, 7) is 2.15. The summed E-state index contributed by atoms with van der Waals surface area (Å²) >= 11 is 0. The zero-order chi connectivity index (χ0) is 79.6. The lowest BCUT2D eigenvalue weighted by Crippen LogP contribution is -2.58. The Morgan fingerprint density at radius 2 is 0.626 bits per heavy atom. The average molecular weight is 1580 g/mol. The monoisotopic (exact) mass is 1580 g/mol. The van der Waals surface area contributed by atoms with Gasteiger partial charge in [-0.05, 0) is 195 Å². The van der Waals surface area contributed by atoms with Crippen molar-refractivity contribution in [2.24, 2.45) is 39.1 Å². The standard InChI is InChI=1S/C31H42N4O4.C30H40N4O4.C30H42N4O4/c1-2-39-33-27(13-14-29(36)37)30-31(38)35(28-12-4-3-11-26(28)32-30)25-18-22-9-6-10-23(19-25)34(22)24-16-20-7-5-8-21(15-20)17-24;1-38-32-26(12-13-28(35)36)29-30(37)34(27-9-5-4-8-25(27)31-29)24-17-21-10-11-22(18-24)33(21)23-15-19-6-2-3-7-20(14-19)16-23;1-38-32-26(17-18-28(35)36)29-30(37)34(27-16-9-8-15-25(27)31-29)24-19-22-13-10-14-23(20-24)33(22)21-11-6-4-2-3-5-7-12-21/h3-4,11-12,20-25H,2,5-10,13-19H2,1H3,(H,36,37);4-5,8-9,19-24H,2-3,6-7,10-18H2,1H3,(H,35,36);8-9,15-16,21-24H,2-7,10-14,17-20H2,1H3,(H,35,36)/b33-27+;2*32-26+/t20-,21+,22-,23+,24?,25?;19-,20+,21-,22+,23?,24?;22-,23+,24?. The highest BCUT2D eigenvalue weighted by molar-refractivity contribution is 6.02. The van der Waals surface area contributed by atoms with E-state index in [1.807, 2.05) is 93.4 Å². The number of hydrogen-bond donors (Lipinski definition) is 3. The van der Waals surface area contributed by atoms with E-state index < -0.39 is 17.9 Å². The normalized spacial score (nSPS) is 29.7. The third-order valence-corrected chi connectivity index (χ3v) is 28.6. The van der Waals surface area contributed by atoms with E-state index in [-0.39, 0.29) is 90.4 Å². The SMILES string of the molecule is CCO/N=C(\CCC(=O)O)c1nc2ccccc2n(C2C[C@H]3CCC[C@@H](C2)N3C2C[C@H]3CCC[C@@H](C2)C3)c1=O.CO/N=C(\CCC(=O)O)c1nc2ccccc2n(C2C[C@H]3CCC[C@@H](C2)N3C2CCCCCCCC2)c1=O.CO/N=C(\CCC(=O)O)c1nc2ccccc2n(C2C[C@H]3CC[C@@H](C2)N3C2C[C@H]3CCCC[C@@H](C2)C3)c1=O. The number of oxime groups is 3. The smallest absolute Gasteiger partial charge is 0.303 e. The molecule has 3 aromatic heterocycles. The maximum atomic E-state index is 14.2. The molecule has 11 fully saturated rings. The van der Waals surface area contributed by atoms with Crippen molar-refractivity contribution in [2.75, 3.05) is 20.8 Å². The molecular weight excluding hydrogens is 1450 g/mol. The molecule has 6 saturated heterocycles. The maximum Gasteiger partial charge on any atom is 0.303 e.